The molecule has 1 atom stereocenters. The number of ketones is 1. The molecule has 0 bridgehead atoms. The molecular weight excluding hydrogens is 194 g/mol. The molecule has 0 N–H and O–H groups in total. The van der Waals surface area contributed by atoms with Crippen LogP contribution < -0.4 is 9.64 Å². The van der Waals surface area contributed by atoms with Crippen molar-refractivity contribution in [2.45, 2.75) is 12.5 Å². The predicted octanol–water partition coefficient (Wildman–Crippen LogP) is 0.753. The summed E-state index contributed by atoms with van der Waals surface area (Å²) in [6.45, 7) is 0.279. The largest absolute Gasteiger partial charge is 0.489 e. The smallest absolute Gasteiger partial charge is 0.235 e. The fraction of sp³-hybridized carbons (Fsp3) is 0.273. The van der Waals surface area contributed by atoms with E-state index in [1.165, 1.54) is 0 Å². The van der Waals surface area contributed by atoms with E-state index < -0.39 is 6.04 Å². The fourth-order valence-electron chi connectivity index (χ4n) is 2.09. The standard InChI is InChI=1S/C11H9NO3/c13-9-5-11(14)12-7-3-1-2-4-10(7)15-6-8(9)12/h1-4,8H,5-6H2. The summed E-state index contributed by atoms with van der Waals surface area (Å²) >= 11 is 0. The summed E-state index contributed by atoms with van der Waals surface area (Å²) in [6.07, 6.45) is 0.00234. The third-order valence-electron chi connectivity index (χ3n) is 2.80. The van der Waals surface area contributed by atoms with Gasteiger partial charge in [-0.3, -0.25) is 14.5 Å². The molecule has 0 radical (unpaired) electrons. The first-order valence-electron chi connectivity index (χ1n) is 4.84. The van der Waals surface area contributed by atoms with Crippen LogP contribution in [0.1, 0.15) is 6.42 Å². The van der Waals surface area contributed by atoms with Gasteiger partial charge in [0.25, 0.3) is 0 Å². The summed E-state index contributed by atoms with van der Waals surface area (Å²) in [5, 5.41) is 0. The van der Waals surface area contributed by atoms with Crippen LogP contribution in [0.3, 0.4) is 0 Å². The number of benzene rings is 1. The van der Waals surface area contributed by atoms with Crippen molar-refractivity contribution < 1.29 is 14.3 Å². The Labute approximate surface area is 86.4 Å². The number of nitrogens with zero attached hydrogens (tertiary/aromatic N) is 1. The number of fused-ring (bicyclic) bond motifs is 3. The van der Waals surface area contributed by atoms with Gasteiger partial charge < -0.3 is 4.74 Å². The Balaban J connectivity index is 2.13. The molecule has 0 saturated carbocycles. The van der Waals surface area contributed by atoms with E-state index in [0.29, 0.717) is 11.4 Å². The Morgan fingerprint density at radius 3 is 2.93 bits per heavy atom. The van der Waals surface area contributed by atoms with Gasteiger partial charge in [-0.1, -0.05) is 12.1 Å². The highest BCUT2D eigenvalue weighted by atomic mass is 16.5. The summed E-state index contributed by atoms with van der Waals surface area (Å²) in [4.78, 5) is 24.7. The number of carbonyl (C=O) groups excluding carboxylic acids is 2. The Morgan fingerprint density at radius 2 is 2.07 bits per heavy atom. The number of amides is 1. The molecule has 2 heterocycles. The van der Waals surface area contributed by atoms with Crippen LogP contribution in [0.4, 0.5) is 5.69 Å². The topological polar surface area (TPSA) is 46.6 Å². The van der Waals surface area contributed by atoms with Gasteiger partial charge in [-0.25, -0.2) is 0 Å². The molecule has 0 aromatic heterocycles. The Morgan fingerprint density at radius 1 is 1.27 bits per heavy atom. The van der Waals surface area contributed by atoms with Crippen LogP contribution in [0.5, 0.6) is 5.75 Å². The lowest BCUT2D eigenvalue weighted by atomic mass is 10.1. The van der Waals surface area contributed by atoms with Gasteiger partial charge in [-0.05, 0) is 12.1 Å². The predicted molar refractivity (Wildman–Crippen MR) is 52.8 cm³/mol. The zero-order valence-corrected chi connectivity index (χ0v) is 7.97. The van der Waals surface area contributed by atoms with E-state index in [1.54, 1.807) is 11.0 Å². The molecule has 15 heavy (non-hydrogen) atoms. The number of Topliss-reactive ketones (excluding diaryl/α,β-unsaturated/α-hetero) is 1. The Kier molecular flexibility index (Phi) is 1.59. The Bertz CT molecular complexity index is 455. The molecule has 1 aromatic rings. The van der Waals surface area contributed by atoms with E-state index in [0.717, 1.165) is 0 Å². The molecule has 0 aliphatic carbocycles. The minimum absolute atomic E-state index is 0.00234. The quantitative estimate of drug-likeness (QED) is 0.584. The molecule has 2 aliphatic rings. The van der Waals surface area contributed by atoms with Crippen LogP contribution in [0.2, 0.25) is 0 Å². The van der Waals surface area contributed by atoms with Crippen LogP contribution in [-0.4, -0.2) is 24.3 Å². The van der Waals surface area contributed by atoms with E-state index in [-0.39, 0.29) is 24.7 Å². The van der Waals surface area contributed by atoms with Crippen molar-refractivity contribution in [3.05, 3.63) is 24.3 Å². The average Bonchev–Trinajstić information content (AvgIpc) is 2.55. The van der Waals surface area contributed by atoms with E-state index in [1.807, 2.05) is 18.2 Å². The van der Waals surface area contributed by atoms with Crippen LogP contribution in [0, 0.1) is 0 Å². The van der Waals surface area contributed by atoms with Gasteiger partial charge in [0, 0.05) is 0 Å². The minimum Gasteiger partial charge on any atom is -0.489 e. The summed E-state index contributed by atoms with van der Waals surface area (Å²) < 4.78 is 5.44. The maximum Gasteiger partial charge on any atom is 0.235 e. The first-order chi connectivity index (χ1) is 7.27. The van der Waals surface area contributed by atoms with Crippen LogP contribution in [0.25, 0.3) is 0 Å². The molecular formula is C11H9NO3. The maximum atomic E-state index is 11.6. The molecule has 3 rings (SSSR count). The first-order valence-corrected chi connectivity index (χ1v) is 4.84. The van der Waals surface area contributed by atoms with E-state index in [4.69, 9.17) is 4.74 Å². The SMILES string of the molecule is O=C1CC(=O)N2c3ccccc3OCC12. The normalized spacial score (nSPS) is 23.5. The molecule has 1 aromatic carbocycles. The molecule has 2 aliphatic heterocycles. The van der Waals surface area contributed by atoms with Gasteiger partial charge in [0.05, 0.1) is 12.1 Å². The third kappa shape index (κ3) is 1.08. The molecule has 1 amide bonds. The van der Waals surface area contributed by atoms with Crippen LogP contribution in [-0.2, 0) is 9.59 Å². The minimum atomic E-state index is -0.410. The number of anilines is 1. The molecule has 1 fully saturated rings. The number of ether oxygens (including phenoxy) is 1. The highest BCUT2D eigenvalue weighted by Crippen LogP contribution is 2.36. The van der Waals surface area contributed by atoms with Crippen molar-refractivity contribution in [2.75, 3.05) is 11.5 Å². The lowest BCUT2D eigenvalue weighted by molar-refractivity contribution is -0.122. The van der Waals surface area contributed by atoms with E-state index in [2.05, 4.69) is 0 Å². The highest BCUT2D eigenvalue weighted by molar-refractivity contribution is 6.17. The molecule has 4 nitrogen and oxygen atoms in total. The molecule has 4 heteroatoms. The van der Waals surface area contributed by atoms with Gasteiger partial charge in [-0.2, -0.15) is 0 Å². The average molecular weight is 203 g/mol. The van der Waals surface area contributed by atoms with Crippen molar-refractivity contribution in [2.24, 2.45) is 0 Å². The third-order valence-corrected chi connectivity index (χ3v) is 2.80. The zero-order chi connectivity index (χ0) is 10.4. The van der Waals surface area contributed by atoms with Crippen molar-refractivity contribution in [1.29, 1.82) is 0 Å². The van der Waals surface area contributed by atoms with Crippen molar-refractivity contribution >= 4 is 17.4 Å². The molecule has 1 saturated heterocycles. The second-order valence-corrected chi connectivity index (χ2v) is 3.70. The maximum absolute atomic E-state index is 11.6. The second-order valence-electron chi connectivity index (χ2n) is 3.70. The van der Waals surface area contributed by atoms with Crippen molar-refractivity contribution in [3.63, 3.8) is 0 Å². The van der Waals surface area contributed by atoms with Gasteiger partial charge >= 0.3 is 0 Å². The lowest BCUT2D eigenvalue weighted by Gasteiger charge is -2.30. The highest BCUT2D eigenvalue weighted by Gasteiger charge is 2.43. The van der Waals surface area contributed by atoms with Crippen molar-refractivity contribution in [3.8, 4) is 5.75 Å². The molecule has 1 unspecified atom stereocenters. The summed E-state index contributed by atoms with van der Waals surface area (Å²) in [6, 6.07) is 6.88. The number of hydrogen-bond acceptors (Lipinski definition) is 3. The number of hydrogen-bond donors (Lipinski definition) is 0. The zero-order valence-electron chi connectivity index (χ0n) is 7.97. The summed E-state index contributed by atoms with van der Waals surface area (Å²) in [5.74, 6) is 0.507. The summed E-state index contributed by atoms with van der Waals surface area (Å²) in [5.41, 5.74) is 0.713. The fourth-order valence-corrected chi connectivity index (χ4v) is 2.09. The van der Waals surface area contributed by atoms with Gasteiger partial charge in [0.15, 0.2) is 5.78 Å². The van der Waals surface area contributed by atoms with Crippen LogP contribution in [0.15, 0.2) is 24.3 Å². The first kappa shape index (κ1) is 8.47. The second kappa shape index (κ2) is 2.82. The van der Waals surface area contributed by atoms with E-state index in [9.17, 15) is 9.59 Å². The monoisotopic (exact) mass is 203 g/mol. The van der Waals surface area contributed by atoms with Gasteiger partial charge in [-0.15, -0.1) is 0 Å². The van der Waals surface area contributed by atoms with Crippen LogP contribution >= 0.6 is 0 Å². The molecule has 0 spiro atoms. The Hall–Kier alpha value is -1.84. The van der Waals surface area contributed by atoms with Crippen molar-refractivity contribution in [1.82, 2.24) is 0 Å². The molecule has 76 valence electrons. The number of para-hydroxylation sites is 2. The van der Waals surface area contributed by atoms with Gasteiger partial charge in [0.2, 0.25) is 5.91 Å². The number of carbonyl (C=O) groups is 2. The van der Waals surface area contributed by atoms with Gasteiger partial charge in [0.1, 0.15) is 18.4 Å². The summed E-state index contributed by atoms with van der Waals surface area (Å²) in [7, 11) is 0. The lowest BCUT2D eigenvalue weighted by Crippen LogP contribution is -2.43. The number of rotatable bonds is 0. The van der Waals surface area contributed by atoms with E-state index >= 15 is 0 Å².